The minimum absolute atomic E-state index is 0.230. The maximum atomic E-state index is 12.5. The summed E-state index contributed by atoms with van der Waals surface area (Å²) in [4.78, 5) is 12.5. The highest BCUT2D eigenvalue weighted by atomic mass is 35.5. The van der Waals surface area contributed by atoms with Gasteiger partial charge in [0, 0.05) is 11.6 Å². The van der Waals surface area contributed by atoms with Crippen LogP contribution >= 0.6 is 11.6 Å². The molecule has 134 valence electrons. The number of hydrogen-bond acceptors (Lipinski definition) is 3. The third kappa shape index (κ3) is 4.96. The summed E-state index contributed by atoms with van der Waals surface area (Å²) in [7, 11) is -3.62. The average molecular weight is 381 g/mol. The summed E-state index contributed by atoms with van der Waals surface area (Å²) >= 11 is 6.08. The zero-order valence-electron chi connectivity index (χ0n) is 14.4. The van der Waals surface area contributed by atoms with Crippen LogP contribution < -0.4 is 9.62 Å². The molecule has 0 saturated carbocycles. The second-order valence-corrected chi connectivity index (χ2v) is 8.15. The van der Waals surface area contributed by atoms with Crippen molar-refractivity contribution in [1.82, 2.24) is 5.32 Å². The Morgan fingerprint density at radius 2 is 1.88 bits per heavy atom. The van der Waals surface area contributed by atoms with E-state index in [1.807, 2.05) is 25.1 Å². The molecule has 0 aliphatic carbocycles. The Labute approximate surface area is 153 Å². The third-order valence-electron chi connectivity index (χ3n) is 3.76. The van der Waals surface area contributed by atoms with Gasteiger partial charge in [0.2, 0.25) is 15.9 Å². The number of aryl methyl sites for hydroxylation is 1. The number of rotatable bonds is 6. The third-order valence-corrected chi connectivity index (χ3v) is 5.37. The predicted molar refractivity (Wildman–Crippen MR) is 101 cm³/mol. The van der Waals surface area contributed by atoms with Crippen molar-refractivity contribution in [1.29, 1.82) is 0 Å². The Morgan fingerprint density at radius 1 is 1.20 bits per heavy atom. The highest BCUT2D eigenvalue weighted by Crippen LogP contribution is 2.22. The summed E-state index contributed by atoms with van der Waals surface area (Å²) in [5.41, 5.74) is 2.14. The number of sulfonamides is 1. The SMILES string of the molecule is Cc1cccc(N([C@H](C)C(=O)NCc2ccccc2Cl)S(C)(=O)=O)c1. The van der Waals surface area contributed by atoms with Gasteiger partial charge in [-0.2, -0.15) is 0 Å². The van der Waals surface area contributed by atoms with E-state index >= 15 is 0 Å². The van der Waals surface area contributed by atoms with E-state index in [-0.39, 0.29) is 6.54 Å². The van der Waals surface area contributed by atoms with Crippen LogP contribution in [0, 0.1) is 6.92 Å². The van der Waals surface area contributed by atoms with Gasteiger partial charge in [-0.3, -0.25) is 9.10 Å². The van der Waals surface area contributed by atoms with Crippen molar-refractivity contribution in [3.63, 3.8) is 0 Å². The first-order valence-electron chi connectivity index (χ1n) is 7.77. The number of anilines is 1. The first-order chi connectivity index (χ1) is 11.7. The summed E-state index contributed by atoms with van der Waals surface area (Å²) in [5.74, 6) is -0.396. The van der Waals surface area contributed by atoms with Gasteiger partial charge in [0.05, 0.1) is 11.9 Å². The Morgan fingerprint density at radius 3 is 2.48 bits per heavy atom. The molecule has 0 fully saturated rings. The van der Waals surface area contributed by atoms with E-state index in [1.165, 1.54) is 0 Å². The summed E-state index contributed by atoms with van der Waals surface area (Å²) in [5, 5.41) is 3.30. The van der Waals surface area contributed by atoms with Gasteiger partial charge in [-0.25, -0.2) is 8.42 Å². The van der Waals surface area contributed by atoms with E-state index in [1.54, 1.807) is 37.3 Å². The van der Waals surface area contributed by atoms with E-state index in [2.05, 4.69) is 5.32 Å². The lowest BCUT2D eigenvalue weighted by molar-refractivity contribution is -0.122. The molecular weight excluding hydrogens is 360 g/mol. The maximum Gasteiger partial charge on any atom is 0.243 e. The lowest BCUT2D eigenvalue weighted by atomic mass is 10.2. The zero-order chi connectivity index (χ0) is 18.6. The van der Waals surface area contributed by atoms with Crippen LogP contribution in [0.2, 0.25) is 5.02 Å². The molecule has 0 aliphatic heterocycles. The smallest absolute Gasteiger partial charge is 0.243 e. The summed E-state index contributed by atoms with van der Waals surface area (Å²) in [6.07, 6.45) is 1.09. The molecule has 0 bridgehead atoms. The largest absolute Gasteiger partial charge is 0.350 e. The van der Waals surface area contributed by atoms with E-state index in [0.29, 0.717) is 10.7 Å². The number of carbonyl (C=O) groups excluding carboxylic acids is 1. The second-order valence-electron chi connectivity index (χ2n) is 5.88. The Hall–Kier alpha value is -2.05. The van der Waals surface area contributed by atoms with Crippen molar-refractivity contribution in [3.8, 4) is 0 Å². The molecule has 1 N–H and O–H groups in total. The predicted octanol–water partition coefficient (Wildman–Crippen LogP) is 3.12. The topological polar surface area (TPSA) is 66.5 Å². The molecule has 0 saturated heterocycles. The monoisotopic (exact) mass is 380 g/mol. The van der Waals surface area contributed by atoms with Crippen molar-refractivity contribution in [2.75, 3.05) is 10.6 Å². The normalized spacial score (nSPS) is 12.5. The average Bonchev–Trinajstić information content (AvgIpc) is 2.52. The van der Waals surface area contributed by atoms with Gasteiger partial charge in [-0.1, -0.05) is 41.9 Å². The summed E-state index contributed by atoms with van der Waals surface area (Å²) in [6, 6.07) is 13.3. The van der Waals surface area contributed by atoms with E-state index in [0.717, 1.165) is 21.7 Å². The molecule has 2 aromatic carbocycles. The van der Waals surface area contributed by atoms with Crippen LogP contribution in [0.1, 0.15) is 18.1 Å². The number of carbonyl (C=O) groups is 1. The molecule has 0 radical (unpaired) electrons. The van der Waals surface area contributed by atoms with Gasteiger partial charge in [0.1, 0.15) is 6.04 Å². The molecule has 7 heteroatoms. The standard InChI is InChI=1S/C18H21ClN2O3S/c1-13-7-6-9-16(11-13)21(25(3,23)24)14(2)18(22)20-12-15-8-4-5-10-17(15)19/h4-11,14H,12H2,1-3H3,(H,20,22)/t14-/m1/s1. The number of nitrogens with zero attached hydrogens (tertiary/aromatic N) is 1. The molecule has 25 heavy (non-hydrogen) atoms. The van der Waals surface area contributed by atoms with E-state index in [9.17, 15) is 13.2 Å². The van der Waals surface area contributed by atoms with Crippen LogP contribution in [0.3, 0.4) is 0 Å². The van der Waals surface area contributed by atoms with Gasteiger partial charge >= 0.3 is 0 Å². The van der Waals surface area contributed by atoms with Gasteiger partial charge in [0.15, 0.2) is 0 Å². The summed E-state index contributed by atoms with van der Waals surface area (Å²) in [6.45, 7) is 3.66. The number of nitrogens with one attached hydrogen (secondary N) is 1. The molecule has 2 rings (SSSR count). The first kappa shape index (κ1) is 19.3. The van der Waals surface area contributed by atoms with Crippen molar-refractivity contribution in [2.45, 2.75) is 26.4 Å². The van der Waals surface area contributed by atoms with Crippen LogP contribution in [0.4, 0.5) is 5.69 Å². The maximum absolute atomic E-state index is 12.5. The minimum Gasteiger partial charge on any atom is -0.350 e. The first-order valence-corrected chi connectivity index (χ1v) is 10.00. The van der Waals surface area contributed by atoms with E-state index in [4.69, 9.17) is 11.6 Å². The van der Waals surface area contributed by atoms with Crippen molar-refractivity contribution in [3.05, 3.63) is 64.7 Å². The molecule has 5 nitrogen and oxygen atoms in total. The van der Waals surface area contributed by atoms with Gasteiger partial charge in [-0.15, -0.1) is 0 Å². The Balaban J connectivity index is 2.20. The van der Waals surface area contributed by atoms with E-state index < -0.39 is 22.0 Å². The van der Waals surface area contributed by atoms with Gasteiger partial charge in [0.25, 0.3) is 0 Å². The van der Waals surface area contributed by atoms with Crippen molar-refractivity contribution < 1.29 is 13.2 Å². The van der Waals surface area contributed by atoms with Gasteiger partial charge in [-0.05, 0) is 43.2 Å². The van der Waals surface area contributed by atoms with Crippen LogP contribution in [0.25, 0.3) is 0 Å². The highest BCUT2D eigenvalue weighted by molar-refractivity contribution is 7.92. The lowest BCUT2D eigenvalue weighted by Gasteiger charge is -2.28. The molecule has 0 spiro atoms. The number of hydrogen-bond donors (Lipinski definition) is 1. The second kappa shape index (κ2) is 7.89. The molecule has 0 aliphatic rings. The number of amides is 1. The fraction of sp³-hybridized carbons (Fsp3) is 0.278. The molecule has 0 aromatic heterocycles. The molecule has 0 heterocycles. The fourth-order valence-corrected chi connectivity index (χ4v) is 3.91. The highest BCUT2D eigenvalue weighted by Gasteiger charge is 2.29. The Kier molecular flexibility index (Phi) is 6.08. The molecule has 1 atom stereocenters. The van der Waals surface area contributed by atoms with Crippen molar-refractivity contribution >= 4 is 33.2 Å². The Bertz CT molecular complexity index is 868. The van der Waals surface area contributed by atoms with Gasteiger partial charge < -0.3 is 5.32 Å². The zero-order valence-corrected chi connectivity index (χ0v) is 15.9. The number of halogens is 1. The number of benzene rings is 2. The fourth-order valence-electron chi connectivity index (χ4n) is 2.55. The quantitative estimate of drug-likeness (QED) is 0.837. The van der Waals surface area contributed by atoms with Crippen molar-refractivity contribution in [2.24, 2.45) is 0 Å². The lowest BCUT2D eigenvalue weighted by Crippen LogP contribution is -2.47. The van der Waals surface area contributed by atoms with Crippen LogP contribution in [-0.4, -0.2) is 26.6 Å². The molecule has 1 amide bonds. The molecular formula is C18H21ClN2O3S. The molecule has 2 aromatic rings. The minimum atomic E-state index is -3.62. The molecule has 0 unspecified atom stereocenters. The van der Waals surface area contributed by atoms with Crippen LogP contribution in [0.15, 0.2) is 48.5 Å². The van der Waals surface area contributed by atoms with Crippen LogP contribution in [0.5, 0.6) is 0 Å². The summed E-state index contributed by atoms with van der Waals surface area (Å²) < 4.78 is 25.6. The van der Waals surface area contributed by atoms with Crippen LogP contribution in [-0.2, 0) is 21.4 Å².